The third-order valence-corrected chi connectivity index (χ3v) is 3.95. The van der Waals surface area contributed by atoms with Crippen LogP contribution >= 0.6 is 23.2 Å². The highest BCUT2D eigenvalue weighted by molar-refractivity contribution is 6.31. The number of nitrogens with one attached hydrogen (secondary N) is 1. The lowest BCUT2D eigenvalue weighted by Crippen LogP contribution is -2.19. The lowest BCUT2D eigenvalue weighted by molar-refractivity contribution is 0.406. The third-order valence-electron chi connectivity index (χ3n) is 3.25. The van der Waals surface area contributed by atoms with E-state index in [1.807, 2.05) is 42.5 Å². The summed E-state index contributed by atoms with van der Waals surface area (Å²) >= 11 is 12.4. The van der Waals surface area contributed by atoms with Crippen molar-refractivity contribution in [2.24, 2.45) is 0 Å². The zero-order chi connectivity index (χ0) is 14.5. The van der Waals surface area contributed by atoms with Gasteiger partial charge < -0.3 is 10.1 Å². The Hall–Kier alpha value is -1.22. The normalized spacial score (nSPS) is 12.2. The van der Waals surface area contributed by atoms with E-state index < -0.39 is 0 Å². The fourth-order valence-electron chi connectivity index (χ4n) is 2.09. The van der Waals surface area contributed by atoms with E-state index in [-0.39, 0.29) is 6.04 Å². The standard InChI is InChI=1S/C16H17Cl2NO/c1-11(12-6-3-4-7-14(12)17)19-10-13-15(18)8-5-9-16(13)20-2/h3-9,11,19H,10H2,1-2H3/t11-/m1/s1. The van der Waals surface area contributed by atoms with Gasteiger partial charge >= 0.3 is 0 Å². The molecule has 20 heavy (non-hydrogen) atoms. The lowest BCUT2D eigenvalue weighted by atomic mass is 10.1. The molecule has 2 aromatic carbocycles. The van der Waals surface area contributed by atoms with Gasteiger partial charge in [0.15, 0.2) is 0 Å². The smallest absolute Gasteiger partial charge is 0.124 e. The number of ether oxygens (including phenoxy) is 1. The molecule has 2 rings (SSSR count). The van der Waals surface area contributed by atoms with Crippen LogP contribution in [0.2, 0.25) is 10.0 Å². The summed E-state index contributed by atoms with van der Waals surface area (Å²) in [6.45, 7) is 2.69. The summed E-state index contributed by atoms with van der Waals surface area (Å²) in [5.41, 5.74) is 2.02. The first-order valence-corrected chi connectivity index (χ1v) is 7.18. The van der Waals surface area contributed by atoms with Gasteiger partial charge in [-0.25, -0.2) is 0 Å². The fraction of sp³-hybridized carbons (Fsp3) is 0.250. The molecule has 0 aliphatic carbocycles. The van der Waals surface area contributed by atoms with E-state index in [0.29, 0.717) is 11.6 Å². The Bertz CT molecular complexity index is 586. The molecule has 0 aromatic heterocycles. The summed E-state index contributed by atoms with van der Waals surface area (Å²) in [4.78, 5) is 0. The molecule has 0 fully saturated rings. The molecule has 0 saturated heterocycles. The van der Waals surface area contributed by atoms with Gasteiger partial charge in [0.25, 0.3) is 0 Å². The second-order valence-corrected chi connectivity index (χ2v) is 5.36. The molecule has 1 N–H and O–H groups in total. The molecule has 1 atom stereocenters. The van der Waals surface area contributed by atoms with E-state index in [4.69, 9.17) is 27.9 Å². The van der Waals surface area contributed by atoms with Gasteiger partial charge in [-0.15, -0.1) is 0 Å². The van der Waals surface area contributed by atoms with Gasteiger partial charge in [0.1, 0.15) is 5.75 Å². The van der Waals surface area contributed by atoms with Gasteiger partial charge in [-0.2, -0.15) is 0 Å². The summed E-state index contributed by atoms with van der Waals surface area (Å²) < 4.78 is 5.34. The topological polar surface area (TPSA) is 21.3 Å². The predicted molar refractivity (Wildman–Crippen MR) is 84.7 cm³/mol. The number of hydrogen-bond donors (Lipinski definition) is 1. The monoisotopic (exact) mass is 309 g/mol. The van der Waals surface area contributed by atoms with Crippen LogP contribution in [0.4, 0.5) is 0 Å². The molecule has 2 aromatic rings. The van der Waals surface area contributed by atoms with Gasteiger partial charge in [0.05, 0.1) is 7.11 Å². The number of halogens is 2. The molecule has 0 unspecified atom stereocenters. The molecule has 0 spiro atoms. The van der Waals surface area contributed by atoms with Gasteiger partial charge in [0, 0.05) is 28.2 Å². The van der Waals surface area contributed by atoms with Crippen LogP contribution in [0.25, 0.3) is 0 Å². The SMILES string of the molecule is COc1cccc(Cl)c1CN[C@H](C)c1ccccc1Cl. The predicted octanol–water partition coefficient (Wildman–Crippen LogP) is 4.85. The minimum atomic E-state index is 0.129. The zero-order valence-corrected chi connectivity index (χ0v) is 13.0. The molecule has 0 aliphatic rings. The largest absolute Gasteiger partial charge is 0.496 e. The van der Waals surface area contributed by atoms with Crippen LogP contribution in [0.5, 0.6) is 5.75 Å². The summed E-state index contributed by atoms with van der Waals surface area (Å²) in [5.74, 6) is 0.788. The first kappa shape index (κ1) is 15.2. The number of hydrogen-bond acceptors (Lipinski definition) is 2. The van der Waals surface area contributed by atoms with Crippen molar-refractivity contribution in [2.75, 3.05) is 7.11 Å². The van der Waals surface area contributed by atoms with Crippen molar-refractivity contribution < 1.29 is 4.74 Å². The van der Waals surface area contributed by atoms with Crippen LogP contribution in [0.1, 0.15) is 24.1 Å². The van der Waals surface area contributed by atoms with Crippen molar-refractivity contribution in [3.05, 3.63) is 63.6 Å². The van der Waals surface area contributed by atoms with Crippen LogP contribution in [-0.4, -0.2) is 7.11 Å². The second kappa shape index (κ2) is 6.98. The van der Waals surface area contributed by atoms with E-state index >= 15 is 0 Å². The van der Waals surface area contributed by atoms with Crippen LogP contribution in [-0.2, 0) is 6.54 Å². The molecule has 106 valence electrons. The molecule has 0 amide bonds. The van der Waals surface area contributed by atoms with E-state index in [1.165, 1.54) is 0 Å². The molecular weight excluding hydrogens is 293 g/mol. The van der Waals surface area contributed by atoms with Crippen molar-refractivity contribution in [3.8, 4) is 5.75 Å². The molecule has 0 saturated carbocycles. The Morgan fingerprint density at radius 1 is 1.05 bits per heavy atom. The maximum Gasteiger partial charge on any atom is 0.124 e. The Labute approximate surface area is 129 Å². The maximum absolute atomic E-state index is 6.22. The molecule has 0 bridgehead atoms. The summed E-state index contributed by atoms with van der Waals surface area (Å²) in [6, 6.07) is 13.6. The average molecular weight is 310 g/mol. The van der Waals surface area contributed by atoms with Crippen molar-refractivity contribution in [1.29, 1.82) is 0 Å². The number of benzene rings is 2. The summed E-state index contributed by atoms with van der Waals surface area (Å²) in [6.07, 6.45) is 0. The molecular formula is C16H17Cl2NO. The van der Waals surface area contributed by atoms with Gasteiger partial charge in [-0.3, -0.25) is 0 Å². The molecule has 0 heterocycles. The third kappa shape index (κ3) is 3.45. The van der Waals surface area contributed by atoms with Gasteiger partial charge in [-0.05, 0) is 30.7 Å². The van der Waals surface area contributed by atoms with Crippen LogP contribution in [0.3, 0.4) is 0 Å². The van der Waals surface area contributed by atoms with Crippen LogP contribution in [0, 0.1) is 0 Å². The van der Waals surface area contributed by atoms with E-state index in [9.17, 15) is 0 Å². The van der Waals surface area contributed by atoms with E-state index in [1.54, 1.807) is 7.11 Å². The Kier molecular flexibility index (Phi) is 5.30. The van der Waals surface area contributed by atoms with E-state index in [2.05, 4.69) is 12.2 Å². The van der Waals surface area contributed by atoms with Crippen molar-refractivity contribution >= 4 is 23.2 Å². The maximum atomic E-state index is 6.22. The fourth-order valence-corrected chi connectivity index (χ4v) is 2.63. The first-order valence-electron chi connectivity index (χ1n) is 6.42. The Morgan fingerprint density at radius 3 is 2.45 bits per heavy atom. The zero-order valence-electron chi connectivity index (χ0n) is 11.5. The highest BCUT2D eigenvalue weighted by atomic mass is 35.5. The highest BCUT2D eigenvalue weighted by Crippen LogP contribution is 2.28. The van der Waals surface area contributed by atoms with Gasteiger partial charge in [-0.1, -0.05) is 47.5 Å². The molecule has 0 aliphatic heterocycles. The molecule has 0 radical (unpaired) electrons. The van der Waals surface area contributed by atoms with Crippen LogP contribution in [0.15, 0.2) is 42.5 Å². The van der Waals surface area contributed by atoms with E-state index in [0.717, 1.165) is 21.9 Å². The number of methoxy groups -OCH3 is 1. The number of rotatable bonds is 5. The summed E-state index contributed by atoms with van der Waals surface area (Å²) in [5, 5.41) is 4.88. The lowest BCUT2D eigenvalue weighted by Gasteiger charge is -2.17. The van der Waals surface area contributed by atoms with Crippen molar-refractivity contribution in [1.82, 2.24) is 5.32 Å². The summed E-state index contributed by atoms with van der Waals surface area (Å²) in [7, 11) is 1.65. The van der Waals surface area contributed by atoms with Crippen molar-refractivity contribution in [3.63, 3.8) is 0 Å². The first-order chi connectivity index (χ1) is 9.63. The minimum Gasteiger partial charge on any atom is -0.496 e. The van der Waals surface area contributed by atoms with Crippen molar-refractivity contribution in [2.45, 2.75) is 19.5 Å². The quantitative estimate of drug-likeness (QED) is 0.852. The Morgan fingerprint density at radius 2 is 1.75 bits per heavy atom. The Balaban J connectivity index is 2.11. The molecule has 4 heteroatoms. The average Bonchev–Trinajstić information content (AvgIpc) is 2.46. The highest BCUT2D eigenvalue weighted by Gasteiger charge is 2.12. The molecule has 2 nitrogen and oxygen atoms in total. The van der Waals surface area contributed by atoms with Crippen LogP contribution < -0.4 is 10.1 Å². The van der Waals surface area contributed by atoms with Gasteiger partial charge in [0.2, 0.25) is 0 Å². The minimum absolute atomic E-state index is 0.129. The second-order valence-electron chi connectivity index (χ2n) is 4.54.